The van der Waals surface area contributed by atoms with E-state index >= 15 is 0 Å². The first-order valence-corrected chi connectivity index (χ1v) is 15.8. The Labute approximate surface area is 258 Å². The van der Waals surface area contributed by atoms with Gasteiger partial charge in [0.2, 0.25) is 10.0 Å². The van der Waals surface area contributed by atoms with Crippen molar-refractivity contribution in [2.75, 3.05) is 15.4 Å². The monoisotopic (exact) mass is 607 g/mol. The van der Waals surface area contributed by atoms with E-state index in [-0.39, 0.29) is 5.75 Å². The van der Waals surface area contributed by atoms with Gasteiger partial charge in [0.05, 0.1) is 35.6 Å². The molecule has 0 fully saturated rings. The van der Waals surface area contributed by atoms with Gasteiger partial charge >= 0.3 is 0 Å². The Morgan fingerprint density at radius 2 is 1.59 bits per heavy atom. The molecule has 8 nitrogen and oxygen atoms in total. The molecule has 0 saturated carbocycles. The van der Waals surface area contributed by atoms with Crippen LogP contribution in [-0.2, 0) is 29.7 Å². The van der Waals surface area contributed by atoms with Crippen molar-refractivity contribution in [2.45, 2.75) is 33.5 Å². The summed E-state index contributed by atoms with van der Waals surface area (Å²) in [4.78, 5) is 2.17. The minimum absolute atomic E-state index is 0.0155. The molecule has 0 radical (unpaired) electrons. The van der Waals surface area contributed by atoms with Crippen LogP contribution in [0.4, 0.5) is 11.4 Å². The van der Waals surface area contributed by atoms with Gasteiger partial charge in [-0.05, 0) is 85.1 Å². The number of furan rings is 1. The molecule has 1 heterocycles. The van der Waals surface area contributed by atoms with E-state index in [1.54, 1.807) is 31.6 Å². The zero-order valence-corrected chi connectivity index (χ0v) is 25.4. The first-order valence-electron chi connectivity index (χ1n) is 14.2. The highest BCUT2D eigenvalue weighted by atomic mass is 32.2. The molecule has 1 aromatic heterocycles. The standard InChI is InChI=1S/C35H33N3O5S/c1-3-44(39,40)37-34-11-6-12-35(26(34)2)38(23-29-8-4-7-28(19-29)21-36)22-27-13-15-31(16-14-27)43-33-10-5-9-32(20-33)42-25-30-17-18-41-24-30/h4-20,24,37H,3,22-23,25H2,1-2H3. The van der Waals surface area contributed by atoms with Crippen LogP contribution in [0.1, 0.15) is 34.7 Å². The second-order valence-corrected chi connectivity index (χ2v) is 12.3. The number of nitrogens with zero attached hydrogens (tertiary/aromatic N) is 2. The van der Waals surface area contributed by atoms with Gasteiger partial charge in [0.25, 0.3) is 0 Å². The van der Waals surface area contributed by atoms with Gasteiger partial charge in [0.15, 0.2) is 0 Å². The summed E-state index contributed by atoms with van der Waals surface area (Å²) >= 11 is 0. The predicted octanol–water partition coefficient (Wildman–Crippen LogP) is 7.80. The van der Waals surface area contributed by atoms with E-state index in [1.807, 2.05) is 91.9 Å². The number of benzene rings is 4. The Bertz CT molecular complexity index is 1850. The fraction of sp³-hybridized carbons (Fsp3) is 0.171. The van der Waals surface area contributed by atoms with Gasteiger partial charge in [-0.3, -0.25) is 4.72 Å². The van der Waals surface area contributed by atoms with E-state index in [2.05, 4.69) is 15.7 Å². The number of ether oxygens (including phenoxy) is 2. The Morgan fingerprint density at radius 1 is 0.841 bits per heavy atom. The van der Waals surface area contributed by atoms with Crippen LogP contribution in [0.5, 0.6) is 17.2 Å². The van der Waals surface area contributed by atoms with Gasteiger partial charge in [0, 0.05) is 30.4 Å². The molecule has 0 spiro atoms. The summed E-state index contributed by atoms with van der Waals surface area (Å²) in [7, 11) is -3.44. The lowest BCUT2D eigenvalue weighted by Gasteiger charge is -2.28. The Hall–Kier alpha value is -5.20. The second-order valence-electron chi connectivity index (χ2n) is 10.3. The van der Waals surface area contributed by atoms with Gasteiger partial charge in [0.1, 0.15) is 23.9 Å². The van der Waals surface area contributed by atoms with Crippen molar-refractivity contribution in [2.24, 2.45) is 0 Å². The molecule has 224 valence electrons. The average molecular weight is 608 g/mol. The van der Waals surface area contributed by atoms with E-state index in [0.717, 1.165) is 27.9 Å². The van der Waals surface area contributed by atoms with Crippen molar-refractivity contribution >= 4 is 21.4 Å². The summed E-state index contributed by atoms with van der Waals surface area (Å²) in [5.74, 6) is 2.01. The van der Waals surface area contributed by atoms with Gasteiger partial charge in [-0.15, -0.1) is 0 Å². The number of rotatable bonds is 13. The molecule has 0 atom stereocenters. The van der Waals surface area contributed by atoms with Crippen LogP contribution in [-0.4, -0.2) is 14.2 Å². The highest BCUT2D eigenvalue weighted by Crippen LogP contribution is 2.31. The number of nitriles is 1. The molecule has 44 heavy (non-hydrogen) atoms. The fourth-order valence-electron chi connectivity index (χ4n) is 4.69. The molecule has 0 aliphatic heterocycles. The molecule has 0 bridgehead atoms. The summed E-state index contributed by atoms with van der Waals surface area (Å²) in [6.07, 6.45) is 3.27. The summed E-state index contributed by atoms with van der Waals surface area (Å²) in [6, 6.07) is 32.5. The molecule has 5 aromatic rings. The maximum atomic E-state index is 12.3. The van der Waals surface area contributed by atoms with Crippen LogP contribution in [0.25, 0.3) is 0 Å². The van der Waals surface area contributed by atoms with Crippen molar-refractivity contribution in [3.05, 3.63) is 137 Å². The minimum Gasteiger partial charge on any atom is -0.489 e. The maximum Gasteiger partial charge on any atom is 0.232 e. The van der Waals surface area contributed by atoms with Crippen LogP contribution in [0.15, 0.2) is 114 Å². The Morgan fingerprint density at radius 3 is 2.34 bits per heavy atom. The first-order chi connectivity index (χ1) is 21.3. The normalized spacial score (nSPS) is 11.0. The van der Waals surface area contributed by atoms with Crippen molar-refractivity contribution < 1.29 is 22.3 Å². The lowest BCUT2D eigenvalue weighted by Crippen LogP contribution is -2.24. The quantitative estimate of drug-likeness (QED) is 0.146. The molecular weight excluding hydrogens is 574 g/mol. The highest BCUT2D eigenvalue weighted by Gasteiger charge is 2.16. The van der Waals surface area contributed by atoms with Gasteiger partial charge in [-0.2, -0.15) is 5.26 Å². The summed E-state index contributed by atoms with van der Waals surface area (Å²) in [6.45, 7) is 4.98. The zero-order valence-electron chi connectivity index (χ0n) is 24.6. The highest BCUT2D eigenvalue weighted by molar-refractivity contribution is 7.92. The van der Waals surface area contributed by atoms with E-state index in [9.17, 15) is 13.7 Å². The van der Waals surface area contributed by atoms with Crippen molar-refractivity contribution in [3.8, 4) is 23.3 Å². The van der Waals surface area contributed by atoms with E-state index in [1.165, 1.54) is 0 Å². The SMILES string of the molecule is CCS(=O)(=O)Nc1cccc(N(Cc2ccc(Oc3cccc(OCc4ccoc4)c3)cc2)Cc2cccc(C#N)c2)c1C. The molecule has 9 heteroatoms. The van der Waals surface area contributed by atoms with Crippen molar-refractivity contribution in [1.29, 1.82) is 5.26 Å². The minimum atomic E-state index is -3.44. The van der Waals surface area contributed by atoms with Crippen LogP contribution < -0.4 is 19.1 Å². The van der Waals surface area contributed by atoms with Crippen LogP contribution in [0.2, 0.25) is 0 Å². The third-order valence-corrected chi connectivity index (χ3v) is 8.34. The maximum absolute atomic E-state index is 12.3. The van der Waals surface area contributed by atoms with E-state index in [4.69, 9.17) is 13.9 Å². The molecular formula is C35H33N3O5S. The molecule has 0 saturated heterocycles. The third-order valence-electron chi connectivity index (χ3n) is 7.04. The van der Waals surface area contributed by atoms with Crippen LogP contribution in [0, 0.1) is 18.3 Å². The molecule has 0 aliphatic rings. The average Bonchev–Trinajstić information content (AvgIpc) is 3.56. The second kappa shape index (κ2) is 13.8. The predicted molar refractivity (Wildman–Crippen MR) is 171 cm³/mol. The molecule has 4 aromatic carbocycles. The molecule has 1 N–H and O–H groups in total. The van der Waals surface area contributed by atoms with Crippen molar-refractivity contribution in [1.82, 2.24) is 0 Å². The van der Waals surface area contributed by atoms with E-state index in [0.29, 0.717) is 48.2 Å². The topological polar surface area (TPSA) is 105 Å². The molecule has 5 rings (SSSR count). The zero-order chi connectivity index (χ0) is 30.9. The number of sulfonamides is 1. The van der Waals surface area contributed by atoms with Gasteiger partial charge < -0.3 is 18.8 Å². The summed E-state index contributed by atoms with van der Waals surface area (Å²) in [5, 5.41) is 9.42. The Kier molecular flexibility index (Phi) is 9.52. The molecule has 0 unspecified atom stereocenters. The smallest absolute Gasteiger partial charge is 0.232 e. The van der Waals surface area contributed by atoms with Crippen molar-refractivity contribution in [3.63, 3.8) is 0 Å². The van der Waals surface area contributed by atoms with Gasteiger partial charge in [-0.25, -0.2) is 8.42 Å². The van der Waals surface area contributed by atoms with E-state index < -0.39 is 10.0 Å². The molecule has 0 amide bonds. The lowest BCUT2D eigenvalue weighted by molar-refractivity contribution is 0.303. The fourth-order valence-corrected chi connectivity index (χ4v) is 5.39. The number of hydrogen-bond acceptors (Lipinski definition) is 7. The molecule has 0 aliphatic carbocycles. The van der Waals surface area contributed by atoms with Crippen LogP contribution in [0.3, 0.4) is 0 Å². The number of hydrogen-bond donors (Lipinski definition) is 1. The third kappa shape index (κ3) is 8.00. The Balaban J connectivity index is 1.35. The lowest BCUT2D eigenvalue weighted by atomic mass is 10.1. The van der Waals surface area contributed by atoms with Gasteiger partial charge in [-0.1, -0.05) is 36.4 Å². The largest absolute Gasteiger partial charge is 0.489 e. The summed E-state index contributed by atoms with van der Waals surface area (Å²) in [5.41, 5.74) is 5.78. The summed E-state index contributed by atoms with van der Waals surface area (Å²) < 4.78 is 44.4. The number of nitrogens with one attached hydrogen (secondary N) is 1. The van der Waals surface area contributed by atoms with Crippen LogP contribution >= 0.6 is 0 Å². The first kappa shape index (κ1) is 30.3. The number of anilines is 2.